The van der Waals surface area contributed by atoms with Gasteiger partial charge in [0, 0.05) is 6.42 Å². The SMILES string of the molecule is CCOC(=O)C(CC)(CCC(=O)O)C(=O)OCC. The third-order valence-electron chi connectivity index (χ3n) is 2.70. The Bertz CT molecular complexity index is 292. The molecular formula is C12H20O6. The number of carboxylic acid groups (broad SMARTS) is 1. The molecule has 0 saturated heterocycles. The maximum Gasteiger partial charge on any atom is 0.323 e. The lowest BCUT2D eigenvalue weighted by Crippen LogP contribution is -2.42. The molecule has 0 saturated carbocycles. The average Bonchev–Trinajstić information content (AvgIpc) is 2.30. The van der Waals surface area contributed by atoms with Crippen LogP contribution in [0, 0.1) is 5.41 Å². The minimum Gasteiger partial charge on any atom is -0.481 e. The molecule has 0 heterocycles. The number of aliphatic carboxylic acids is 1. The zero-order valence-electron chi connectivity index (χ0n) is 11.0. The fraction of sp³-hybridized carbons (Fsp3) is 0.750. The Morgan fingerprint density at radius 3 is 1.72 bits per heavy atom. The van der Waals surface area contributed by atoms with Gasteiger partial charge in [0.15, 0.2) is 5.41 Å². The highest BCUT2D eigenvalue weighted by Crippen LogP contribution is 2.32. The first-order valence-electron chi connectivity index (χ1n) is 6.00. The predicted octanol–water partition coefficient (Wildman–Crippen LogP) is 1.37. The Hall–Kier alpha value is -1.59. The van der Waals surface area contributed by atoms with Crippen LogP contribution in [0.3, 0.4) is 0 Å². The van der Waals surface area contributed by atoms with Crippen LogP contribution in [0.2, 0.25) is 0 Å². The molecule has 0 atom stereocenters. The molecule has 0 unspecified atom stereocenters. The number of rotatable bonds is 8. The number of carboxylic acids is 1. The smallest absolute Gasteiger partial charge is 0.323 e. The molecular weight excluding hydrogens is 240 g/mol. The molecule has 0 fully saturated rings. The Morgan fingerprint density at radius 1 is 1.00 bits per heavy atom. The molecule has 6 nitrogen and oxygen atoms in total. The van der Waals surface area contributed by atoms with Gasteiger partial charge < -0.3 is 14.6 Å². The summed E-state index contributed by atoms with van der Waals surface area (Å²) in [6.07, 6.45) is -0.250. The number of esters is 2. The minimum atomic E-state index is -1.51. The molecule has 0 bridgehead atoms. The number of hydrogen-bond donors (Lipinski definition) is 1. The maximum absolute atomic E-state index is 11.9. The molecule has 0 radical (unpaired) electrons. The van der Waals surface area contributed by atoms with Crippen molar-refractivity contribution in [3.8, 4) is 0 Å². The molecule has 1 N–H and O–H groups in total. The molecule has 0 aliphatic carbocycles. The van der Waals surface area contributed by atoms with E-state index in [0.29, 0.717) is 0 Å². The van der Waals surface area contributed by atoms with Gasteiger partial charge in [-0.1, -0.05) is 6.92 Å². The van der Waals surface area contributed by atoms with Crippen LogP contribution in [-0.4, -0.2) is 36.2 Å². The highest BCUT2D eigenvalue weighted by atomic mass is 16.6. The quantitative estimate of drug-likeness (QED) is 0.523. The monoisotopic (exact) mass is 260 g/mol. The third kappa shape index (κ3) is 4.01. The largest absolute Gasteiger partial charge is 0.481 e. The summed E-state index contributed by atoms with van der Waals surface area (Å²) in [4.78, 5) is 34.4. The first-order valence-corrected chi connectivity index (χ1v) is 6.00. The fourth-order valence-electron chi connectivity index (χ4n) is 1.61. The fourth-order valence-corrected chi connectivity index (χ4v) is 1.61. The number of hydrogen-bond acceptors (Lipinski definition) is 5. The van der Waals surface area contributed by atoms with Gasteiger partial charge in [0.05, 0.1) is 13.2 Å². The zero-order chi connectivity index (χ0) is 14.2. The van der Waals surface area contributed by atoms with Crippen LogP contribution in [-0.2, 0) is 23.9 Å². The van der Waals surface area contributed by atoms with E-state index in [1.54, 1.807) is 20.8 Å². The number of carbonyl (C=O) groups excluding carboxylic acids is 2. The lowest BCUT2D eigenvalue weighted by molar-refractivity contribution is -0.173. The topological polar surface area (TPSA) is 89.9 Å². The zero-order valence-corrected chi connectivity index (χ0v) is 11.0. The van der Waals surface area contributed by atoms with E-state index in [0.717, 1.165) is 0 Å². The lowest BCUT2D eigenvalue weighted by atomic mass is 9.80. The molecule has 0 rings (SSSR count). The van der Waals surface area contributed by atoms with E-state index >= 15 is 0 Å². The summed E-state index contributed by atoms with van der Waals surface area (Å²) in [6, 6.07) is 0. The van der Waals surface area contributed by atoms with Gasteiger partial charge in [-0.3, -0.25) is 14.4 Å². The van der Waals surface area contributed by atoms with Gasteiger partial charge in [-0.25, -0.2) is 0 Å². The second-order valence-corrected chi connectivity index (χ2v) is 3.77. The third-order valence-corrected chi connectivity index (χ3v) is 2.70. The molecule has 104 valence electrons. The van der Waals surface area contributed by atoms with Crippen molar-refractivity contribution in [3.63, 3.8) is 0 Å². The highest BCUT2D eigenvalue weighted by molar-refractivity contribution is 6.00. The molecule has 6 heteroatoms. The first-order chi connectivity index (χ1) is 8.44. The minimum absolute atomic E-state index is 0.115. The van der Waals surface area contributed by atoms with Gasteiger partial charge in [0.2, 0.25) is 0 Å². The molecule has 0 aromatic carbocycles. The van der Waals surface area contributed by atoms with E-state index in [-0.39, 0.29) is 32.5 Å². The Morgan fingerprint density at radius 2 is 1.44 bits per heavy atom. The van der Waals surface area contributed by atoms with Gasteiger partial charge in [-0.2, -0.15) is 0 Å². The van der Waals surface area contributed by atoms with Crippen LogP contribution in [0.5, 0.6) is 0 Å². The van der Waals surface area contributed by atoms with Gasteiger partial charge in [-0.15, -0.1) is 0 Å². The van der Waals surface area contributed by atoms with Crippen molar-refractivity contribution in [3.05, 3.63) is 0 Å². The summed E-state index contributed by atoms with van der Waals surface area (Å²) in [5.41, 5.74) is -1.51. The predicted molar refractivity (Wildman–Crippen MR) is 62.9 cm³/mol. The standard InChI is InChI=1S/C12H20O6/c1-4-12(8-7-9(13)14,10(15)17-5-2)11(16)18-6-3/h4-8H2,1-3H3,(H,13,14). The summed E-state index contributed by atoms with van der Waals surface area (Å²) >= 11 is 0. The van der Waals surface area contributed by atoms with Crippen molar-refractivity contribution in [2.75, 3.05) is 13.2 Å². The van der Waals surface area contributed by atoms with Gasteiger partial charge in [0.25, 0.3) is 0 Å². The second-order valence-electron chi connectivity index (χ2n) is 3.77. The van der Waals surface area contributed by atoms with Crippen molar-refractivity contribution in [1.82, 2.24) is 0 Å². The van der Waals surface area contributed by atoms with E-state index in [2.05, 4.69) is 0 Å². The summed E-state index contributed by atoms with van der Waals surface area (Å²) in [5.74, 6) is -2.50. The van der Waals surface area contributed by atoms with E-state index in [9.17, 15) is 14.4 Å². The Labute approximate surface area is 106 Å². The van der Waals surface area contributed by atoms with E-state index in [1.807, 2.05) is 0 Å². The van der Waals surface area contributed by atoms with E-state index in [4.69, 9.17) is 14.6 Å². The molecule has 0 amide bonds. The van der Waals surface area contributed by atoms with Crippen LogP contribution in [0.4, 0.5) is 0 Å². The van der Waals surface area contributed by atoms with E-state index in [1.165, 1.54) is 0 Å². The van der Waals surface area contributed by atoms with Gasteiger partial charge in [0.1, 0.15) is 0 Å². The summed E-state index contributed by atoms with van der Waals surface area (Å²) in [7, 11) is 0. The first kappa shape index (κ1) is 16.4. The summed E-state index contributed by atoms with van der Waals surface area (Å²) in [5, 5.41) is 8.69. The van der Waals surface area contributed by atoms with Crippen LogP contribution in [0.25, 0.3) is 0 Å². The second kappa shape index (κ2) is 7.68. The molecule has 0 aromatic rings. The Kier molecular flexibility index (Phi) is 7.00. The van der Waals surface area contributed by atoms with E-state index < -0.39 is 23.3 Å². The van der Waals surface area contributed by atoms with Crippen LogP contribution in [0.1, 0.15) is 40.0 Å². The summed E-state index contributed by atoms with van der Waals surface area (Å²) in [6.45, 7) is 5.15. The molecule has 0 aliphatic heterocycles. The lowest BCUT2D eigenvalue weighted by Gasteiger charge is -2.27. The highest BCUT2D eigenvalue weighted by Gasteiger charge is 2.47. The van der Waals surface area contributed by atoms with Crippen molar-refractivity contribution in [2.24, 2.45) is 5.41 Å². The number of ether oxygens (including phenoxy) is 2. The normalized spacial score (nSPS) is 10.8. The van der Waals surface area contributed by atoms with Crippen LogP contribution in [0.15, 0.2) is 0 Å². The van der Waals surface area contributed by atoms with Gasteiger partial charge >= 0.3 is 17.9 Å². The summed E-state index contributed by atoms with van der Waals surface area (Å²) < 4.78 is 9.73. The molecule has 0 spiro atoms. The molecule has 0 aromatic heterocycles. The Balaban J connectivity index is 5.11. The molecule has 0 aliphatic rings. The van der Waals surface area contributed by atoms with Crippen LogP contribution >= 0.6 is 0 Å². The molecule has 18 heavy (non-hydrogen) atoms. The van der Waals surface area contributed by atoms with Crippen molar-refractivity contribution >= 4 is 17.9 Å². The van der Waals surface area contributed by atoms with Gasteiger partial charge in [-0.05, 0) is 26.7 Å². The van der Waals surface area contributed by atoms with Crippen molar-refractivity contribution in [2.45, 2.75) is 40.0 Å². The van der Waals surface area contributed by atoms with Crippen LogP contribution < -0.4 is 0 Å². The number of carbonyl (C=O) groups is 3. The van der Waals surface area contributed by atoms with Crippen molar-refractivity contribution in [1.29, 1.82) is 0 Å². The van der Waals surface area contributed by atoms with Crippen molar-refractivity contribution < 1.29 is 29.0 Å². The maximum atomic E-state index is 11.9. The average molecular weight is 260 g/mol.